The van der Waals surface area contributed by atoms with E-state index in [0.717, 1.165) is 22.2 Å². The lowest BCUT2D eigenvalue weighted by Crippen LogP contribution is -2.45. The molecule has 0 spiro atoms. The lowest BCUT2D eigenvalue weighted by molar-refractivity contribution is -0.153. The molecule has 1 aliphatic rings. The molecule has 1 N–H and O–H groups in total. The molecule has 2 heterocycles. The van der Waals surface area contributed by atoms with E-state index in [1.54, 1.807) is 37.1 Å². The number of hydrogen-bond acceptors (Lipinski definition) is 5. The Balaban J connectivity index is 1.37. The maximum atomic E-state index is 15.6. The summed E-state index contributed by atoms with van der Waals surface area (Å²) in [5.41, 5.74) is 0.0276. The van der Waals surface area contributed by atoms with Crippen molar-refractivity contribution < 1.29 is 19.0 Å². The smallest absolute Gasteiger partial charge is 0.309 e. The molecular formula is C27H29Cl2FN2O3S. The van der Waals surface area contributed by atoms with Crippen molar-refractivity contribution in [3.63, 3.8) is 0 Å². The Bertz CT molecular complexity index is 1220. The fourth-order valence-corrected chi connectivity index (χ4v) is 6.28. The second-order valence-corrected chi connectivity index (χ2v) is 11.2. The number of piperidine rings is 1. The summed E-state index contributed by atoms with van der Waals surface area (Å²) in [4.78, 5) is 20.0. The highest BCUT2D eigenvalue weighted by Crippen LogP contribution is 2.42. The molecule has 5 nitrogen and oxygen atoms in total. The number of methoxy groups -OCH3 is 1. The van der Waals surface area contributed by atoms with Crippen LogP contribution < -0.4 is 4.74 Å². The molecule has 1 saturated heterocycles. The summed E-state index contributed by atoms with van der Waals surface area (Å²) in [7, 11) is 1.55. The van der Waals surface area contributed by atoms with E-state index >= 15 is 4.39 Å². The summed E-state index contributed by atoms with van der Waals surface area (Å²) in [6, 6.07) is 13.0. The number of aliphatic carboxylic acids is 1. The van der Waals surface area contributed by atoms with Gasteiger partial charge in [-0.2, -0.15) is 0 Å². The van der Waals surface area contributed by atoms with Crippen molar-refractivity contribution in [2.75, 3.05) is 32.5 Å². The number of carboxylic acids is 1. The Morgan fingerprint density at radius 2 is 2.03 bits per heavy atom. The summed E-state index contributed by atoms with van der Waals surface area (Å²) < 4.78 is 20.9. The minimum atomic E-state index is -1.40. The molecule has 192 valence electrons. The van der Waals surface area contributed by atoms with Crippen molar-refractivity contribution in [1.29, 1.82) is 0 Å². The van der Waals surface area contributed by atoms with Gasteiger partial charge in [0.2, 0.25) is 0 Å². The van der Waals surface area contributed by atoms with Gasteiger partial charge >= 0.3 is 5.97 Å². The van der Waals surface area contributed by atoms with Gasteiger partial charge in [-0.25, -0.2) is 4.39 Å². The van der Waals surface area contributed by atoms with Gasteiger partial charge in [0.25, 0.3) is 0 Å². The molecule has 0 bridgehead atoms. The first-order chi connectivity index (χ1) is 17.3. The van der Waals surface area contributed by atoms with Crippen LogP contribution in [0.25, 0.3) is 10.9 Å². The molecule has 9 heteroatoms. The van der Waals surface area contributed by atoms with Crippen molar-refractivity contribution >= 4 is 51.8 Å². The van der Waals surface area contributed by atoms with E-state index in [2.05, 4.69) is 9.88 Å². The van der Waals surface area contributed by atoms with Crippen molar-refractivity contribution in [3.8, 4) is 5.75 Å². The van der Waals surface area contributed by atoms with Gasteiger partial charge in [0, 0.05) is 39.4 Å². The predicted molar refractivity (Wildman–Crippen MR) is 144 cm³/mol. The number of pyridine rings is 1. The maximum absolute atomic E-state index is 15.6. The van der Waals surface area contributed by atoms with Gasteiger partial charge in [-0.1, -0.05) is 29.3 Å². The van der Waals surface area contributed by atoms with Crippen LogP contribution in [0.5, 0.6) is 5.75 Å². The highest BCUT2D eigenvalue weighted by Gasteiger charge is 2.41. The summed E-state index contributed by atoms with van der Waals surface area (Å²) in [6.07, 6.45) is 1.36. The minimum absolute atomic E-state index is 0.0764. The number of nitrogens with zero attached hydrogens (tertiary/aromatic N) is 2. The van der Waals surface area contributed by atoms with E-state index in [0.29, 0.717) is 48.1 Å². The van der Waals surface area contributed by atoms with Gasteiger partial charge in [0.05, 0.1) is 23.1 Å². The van der Waals surface area contributed by atoms with Gasteiger partial charge in [0.1, 0.15) is 11.9 Å². The first-order valence-corrected chi connectivity index (χ1v) is 13.7. The third-order valence-corrected chi connectivity index (χ3v) is 8.51. The summed E-state index contributed by atoms with van der Waals surface area (Å²) in [5, 5.41) is 11.6. The Labute approximate surface area is 224 Å². The highest BCUT2D eigenvalue weighted by atomic mass is 35.5. The zero-order valence-corrected chi connectivity index (χ0v) is 22.4. The third-order valence-electron chi connectivity index (χ3n) is 7.00. The summed E-state index contributed by atoms with van der Waals surface area (Å²) in [6.45, 7) is 2.21. The molecule has 3 aromatic rings. The van der Waals surface area contributed by atoms with E-state index in [-0.39, 0.29) is 17.9 Å². The molecule has 1 unspecified atom stereocenters. The molecule has 1 atom stereocenters. The summed E-state index contributed by atoms with van der Waals surface area (Å²) >= 11 is 14.1. The third kappa shape index (κ3) is 6.25. The second-order valence-electron chi connectivity index (χ2n) is 9.14. The molecule has 2 aromatic carbocycles. The predicted octanol–water partition coefficient (Wildman–Crippen LogP) is 7.30. The fourth-order valence-electron chi connectivity index (χ4n) is 4.79. The number of alkyl halides is 1. The van der Waals surface area contributed by atoms with Crippen LogP contribution in [0.15, 0.2) is 53.6 Å². The molecule has 0 saturated carbocycles. The van der Waals surface area contributed by atoms with E-state index in [1.165, 1.54) is 6.20 Å². The van der Waals surface area contributed by atoms with Gasteiger partial charge in [-0.05, 0) is 75.2 Å². The number of rotatable bonds is 10. The number of carboxylic acid groups (broad SMARTS) is 1. The monoisotopic (exact) mass is 550 g/mol. The SMILES string of the molecule is COc1ccc2ncc(Cl)c(C(F)CCC3(C(=O)O)CCN(CCSc4cccc(Cl)c4)CC3)c2c1. The molecule has 36 heavy (non-hydrogen) atoms. The van der Waals surface area contributed by atoms with Crippen molar-refractivity contribution in [3.05, 3.63) is 64.3 Å². The number of likely N-dealkylation sites (tertiary alicyclic amines) is 1. The average molecular weight is 552 g/mol. The maximum Gasteiger partial charge on any atom is 0.309 e. The van der Waals surface area contributed by atoms with Crippen molar-refractivity contribution in [1.82, 2.24) is 9.88 Å². The van der Waals surface area contributed by atoms with Gasteiger partial charge in [0.15, 0.2) is 0 Å². The average Bonchev–Trinajstić information content (AvgIpc) is 2.87. The molecule has 0 radical (unpaired) electrons. The number of thioether (sulfide) groups is 1. The van der Waals surface area contributed by atoms with Crippen LogP contribution in [0.4, 0.5) is 4.39 Å². The van der Waals surface area contributed by atoms with Crippen LogP contribution in [0.1, 0.15) is 37.4 Å². The first-order valence-electron chi connectivity index (χ1n) is 11.9. The minimum Gasteiger partial charge on any atom is -0.497 e. The van der Waals surface area contributed by atoms with E-state index < -0.39 is 17.6 Å². The lowest BCUT2D eigenvalue weighted by Gasteiger charge is -2.39. The number of fused-ring (bicyclic) bond motifs is 1. The normalized spacial score (nSPS) is 16.7. The number of hydrogen-bond donors (Lipinski definition) is 1. The number of carbonyl (C=O) groups is 1. The summed E-state index contributed by atoms with van der Waals surface area (Å²) in [5.74, 6) is 0.627. The molecular weight excluding hydrogens is 522 g/mol. The number of aromatic nitrogens is 1. The number of halogens is 3. The van der Waals surface area contributed by atoms with Crippen LogP contribution in [0, 0.1) is 5.41 Å². The Morgan fingerprint density at radius 3 is 2.72 bits per heavy atom. The topological polar surface area (TPSA) is 62.7 Å². The standard InChI is InChI=1S/C27H29Cl2FN2O3S/c1-35-19-5-6-24-21(16-19)25(22(29)17-31-24)23(30)7-8-27(26(33)34)9-11-32(12-10-27)13-14-36-20-4-2-3-18(28)15-20/h2-6,15-17,23H,7-14H2,1H3,(H,33,34). The zero-order valence-electron chi connectivity index (χ0n) is 20.1. The van der Waals surface area contributed by atoms with E-state index in [1.807, 2.05) is 24.3 Å². The van der Waals surface area contributed by atoms with Crippen LogP contribution in [-0.4, -0.2) is 53.5 Å². The van der Waals surface area contributed by atoms with Crippen LogP contribution in [-0.2, 0) is 4.79 Å². The van der Waals surface area contributed by atoms with Crippen LogP contribution in [0.3, 0.4) is 0 Å². The molecule has 1 aliphatic heterocycles. The quantitative estimate of drug-likeness (QED) is 0.267. The zero-order chi connectivity index (χ0) is 25.7. The molecule has 0 amide bonds. The molecule has 1 aromatic heterocycles. The van der Waals surface area contributed by atoms with Crippen LogP contribution in [0.2, 0.25) is 10.0 Å². The fraction of sp³-hybridized carbons (Fsp3) is 0.407. The van der Waals surface area contributed by atoms with Crippen molar-refractivity contribution in [2.45, 2.75) is 36.8 Å². The van der Waals surface area contributed by atoms with Gasteiger partial charge in [-0.15, -0.1) is 11.8 Å². The highest BCUT2D eigenvalue weighted by molar-refractivity contribution is 7.99. The van der Waals surface area contributed by atoms with Crippen molar-refractivity contribution in [2.24, 2.45) is 5.41 Å². The van der Waals surface area contributed by atoms with Gasteiger partial charge in [-0.3, -0.25) is 9.78 Å². The second kappa shape index (κ2) is 12.0. The number of ether oxygens (including phenoxy) is 1. The lowest BCUT2D eigenvalue weighted by atomic mass is 9.74. The molecule has 0 aliphatic carbocycles. The number of benzene rings is 2. The Morgan fingerprint density at radius 1 is 1.25 bits per heavy atom. The van der Waals surface area contributed by atoms with Crippen LogP contribution >= 0.6 is 35.0 Å². The van der Waals surface area contributed by atoms with Gasteiger partial charge < -0.3 is 14.7 Å². The Hall–Kier alpha value is -2.06. The first kappa shape index (κ1) is 27.0. The Kier molecular flexibility index (Phi) is 8.99. The molecule has 4 rings (SSSR count). The molecule has 1 fully saturated rings. The largest absolute Gasteiger partial charge is 0.497 e. The van der Waals surface area contributed by atoms with E-state index in [9.17, 15) is 9.90 Å². The van der Waals surface area contributed by atoms with E-state index in [4.69, 9.17) is 27.9 Å².